The van der Waals surface area contributed by atoms with Crippen molar-refractivity contribution in [1.29, 1.82) is 0 Å². The minimum absolute atomic E-state index is 0.181. The Morgan fingerprint density at radius 1 is 1.00 bits per heavy atom. The molecule has 2 aromatic carbocycles. The molecule has 3 fully saturated rings. The van der Waals surface area contributed by atoms with Gasteiger partial charge in [0.15, 0.2) is 0 Å². The van der Waals surface area contributed by atoms with Crippen LogP contribution in [0.15, 0.2) is 76.8 Å². The van der Waals surface area contributed by atoms with Crippen molar-refractivity contribution < 1.29 is 8.42 Å². The van der Waals surface area contributed by atoms with E-state index in [9.17, 15) is 8.42 Å². The molecule has 0 amide bonds. The molecular formula is C40H49N7O3S. The lowest BCUT2D eigenvalue weighted by Crippen LogP contribution is -2.53. The highest BCUT2D eigenvalue weighted by Gasteiger charge is 2.48. The predicted molar refractivity (Wildman–Crippen MR) is 200 cm³/mol. The topological polar surface area (TPSA) is 98.3 Å². The van der Waals surface area contributed by atoms with Crippen molar-refractivity contribution >= 4 is 20.9 Å². The summed E-state index contributed by atoms with van der Waals surface area (Å²) in [6, 6.07) is 17.4. The van der Waals surface area contributed by atoms with Crippen LogP contribution in [0.25, 0.3) is 16.6 Å². The predicted octanol–water partition coefficient (Wildman–Crippen LogP) is 5.83. The third-order valence-electron chi connectivity index (χ3n) is 11.7. The summed E-state index contributed by atoms with van der Waals surface area (Å²) in [5.74, 6) is 2.12. The standard InChI is InChI=1S/C40H49N7O3S/c1-26(2)36-24-43(5)16-17-45(36)22-32-19-34-35(29-12-13-29)23-46(38(48)37(34)47(32)51(49,50)33-14-10-27(3)11-15-33)31-9-7-8-30(18-31)40(20-28(4)21-40)39-42-41-25-44(39)6/h7-11,14-15,18-19,23,25-26,28-29,36H,12-13,16-17,20-22,24H2,1-6H3/t28?,36-,40?/m0/s1. The Morgan fingerprint density at radius 2 is 1.75 bits per heavy atom. The molecule has 4 heterocycles. The number of piperazine rings is 1. The van der Waals surface area contributed by atoms with Crippen LogP contribution in [0.2, 0.25) is 0 Å². The first-order valence-electron chi connectivity index (χ1n) is 18.4. The zero-order valence-corrected chi connectivity index (χ0v) is 31.4. The van der Waals surface area contributed by atoms with Crippen molar-refractivity contribution in [1.82, 2.24) is 33.1 Å². The van der Waals surface area contributed by atoms with E-state index in [0.717, 1.165) is 78.9 Å². The number of hydrogen-bond donors (Lipinski definition) is 0. The van der Waals surface area contributed by atoms with E-state index in [-0.39, 0.29) is 33.3 Å². The van der Waals surface area contributed by atoms with Crippen LogP contribution in [-0.2, 0) is 29.0 Å². The monoisotopic (exact) mass is 707 g/mol. The average Bonchev–Trinajstić information content (AvgIpc) is 3.72. The van der Waals surface area contributed by atoms with Gasteiger partial charge in [-0.25, -0.2) is 12.4 Å². The Hall–Kier alpha value is -4.06. The maximum absolute atomic E-state index is 15.0. The lowest BCUT2D eigenvalue weighted by molar-refractivity contribution is 0.0560. The van der Waals surface area contributed by atoms with Crippen molar-refractivity contribution in [3.63, 3.8) is 0 Å². The summed E-state index contributed by atoms with van der Waals surface area (Å²) < 4.78 is 34.8. The fraction of sp³-hybridized carbons (Fsp3) is 0.475. The summed E-state index contributed by atoms with van der Waals surface area (Å²) >= 11 is 0. The Labute approximate surface area is 300 Å². The van der Waals surface area contributed by atoms with Gasteiger partial charge in [0.25, 0.3) is 15.6 Å². The van der Waals surface area contributed by atoms with Crippen LogP contribution >= 0.6 is 0 Å². The van der Waals surface area contributed by atoms with Gasteiger partial charge in [-0.05, 0) is 98.9 Å². The molecular weight excluding hydrogens is 659 g/mol. The van der Waals surface area contributed by atoms with E-state index < -0.39 is 10.0 Å². The van der Waals surface area contributed by atoms with Crippen LogP contribution < -0.4 is 5.56 Å². The van der Waals surface area contributed by atoms with E-state index in [4.69, 9.17) is 0 Å². The molecule has 0 spiro atoms. The number of benzene rings is 2. The van der Waals surface area contributed by atoms with Gasteiger partial charge >= 0.3 is 0 Å². The summed E-state index contributed by atoms with van der Waals surface area (Å²) in [5, 5.41) is 9.49. The van der Waals surface area contributed by atoms with Crippen LogP contribution in [0.3, 0.4) is 0 Å². The van der Waals surface area contributed by atoms with Gasteiger partial charge in [0, 0.05) is 62.2 Å². The minimum Gasteiger partial charge on any atom is -0.320 e. The maximum atomic E-state index is 15.0. The fourth-order valence-electron chi connectivity index (χ4n) is 8.84. The summed E-state index contributed by atoms with van der Waals surface area (Å²) in [6.07, 6.45) is 7.64. The highest BCUT2D eigenvalue weighted by atomic mass is 32.2. The van der Waals surface area contributed by atoms with Gasteiger partial charge in [0.1, 0.15) is 17.7 Å². The smallest absolute Gasteiger partial charge is 0.280 e. The minimum atomic E-state index is -4.13. The van der Waals surface area contributed by atoms with Gasteiger partial charge in [-0.2, -0.15) is 0 Å². The number of aryl methyl sites for hydroxylation is 2. The number of nitrogens with zero attached hydrogens (tertiary/aromatic N) is 7. The Balaban J connectivity index is 1.34. The Kier molecular flexibility index (Phi) is 8.39. The van der Waals surface area contributed by atoms with E-state index in [0.29, 0.717) is 24.1 Å². The largest absolute Gasteiger partial charge is 0.320 e. The van der Waals surface area contributed by atoms with Gasteiger partial charge in [-0.3, -0.25) is 14.3 Å². The van der Waals surface area contributed by atoms with Crippen molar-refractivity contribution in [2.45, 2.75) is 82.2 Å². The fourth-order valence-corrected chi connectivity index (χ4v) is 10.4. The highest BCUT2D eigenvalue weighted by Crippen LogP contribution is 2.52. The van der Waals surface area contributed by atoms with Crippen LogP contribution in [0.4, 0.5) is 0 Å². The molecule has 3 aliphatic rings. The summed E-state index contributed by atoms with van der Waals surface area (Å²) in [5.41, 5.74) is 4.06. The highest BCUT2D eigenvalue weighted by molar-refractivity contribution is 7.90. The van der Waals surface area contributed by atoms with E-state index in [1.807, 2.05) is 55.1 Å². The van der Waals surface area contributed by atoms with Crippen LogP contribution in [0.5, 0.6) is 0 Å². The first kappa shape index (κ1) is 34.0. The van der Waals surface area contributed by atoms with Gasteiger partial charge in [0.2, 0.25) is 0 Å². The van der Waals surface area contributed by atoms with Crippen molar-refractivity contribution in [2.24, 2.45) is 18.9 Å². The lowest BCUT2D eigenvalue weighted by atomic mass is 9.58. The number of rotatable bonds is 9. The van der Waals surface area contributed by atoms with Gasteiger partial charge in [-0.15, -0.1) is 10.2 Å². The summed E-state index contributed by atoms with van der Waals surface area (Å²) in [4.78, 5) is 19.9. The first-order valence-corrected chi connectivity index (χ1v) is 19.8. The van der Waals surface area contributed by atoms with Gasteiger partial charge in [-0.1, -0.05) is 50.6 Å². The molecule has 0 unspecified atom stereocenters. The molecule has 1 saturated heterocycles. The lowest BCUT2D eigenvalue weighted by Gasteiger charge is -2.46. The van der Waals surface area contributed by atoms with Crippen LogP contribution in [0.1, 0.15) is 80.6 Å². The third kappa shape index (κ3) is 5.77. The molecule has 0 radical (unpaired) electrons. The zero-order chi connectivity index (χ0) is 35.8. The molecule has 1 aliphatic heterocycles. The van der Waals surface area contributed by atoms with E-state index in [1.165, 1.54) is 3.97 Å². The molecule has 2 aliphatic carbocycles. The third-order valence-corrected chi connectivity index (χ3v) is 13.5. The summed E-state index contributed by atoms with van der Waals surface area (Å²) in [7, 11) is -0.00433. The molecule has 51 heavy (non-hydrogen) atoms. The molecule has 2 saturated carbocycles. The maximum Gasteiger partial charge on any atom is 0.280 e. The van der Waals surface area contributed by atoms with Crippen LogP contribution in [-0.4, -0.2) is 74.2 Å². The van der Waals surface area contributed by atoms with E-state index >= 15 is 4.79 Å². The second-order valence-corrected chi connectivity index (χ2v) is 17.8. The van der Waals surface area contributed by atoms with E-state index in [2.05, 4.69) is 59.9 Å². The molecule has 10 nitrogen and oxygen atoms in total. The summed E-state index contributed by atoms with van der Waals surface area (Å²) in [6.45, 7) is 11.7. The molecule has 3 aromatic heterocycles. The molecule has 268 valence electrons. The molecule has 11 heteroatoms. The van der Waals surface area contributed by atoms with Crippen molar-refractivity contribution in [2.75, 3.05) is 26.7 Å². The molecule has 8 rings (SSSR count). The molecule has 0 N–H and O–H groups in total. The number of fused-ring (bicyclic) bond motifs is 1. The SMILES string of the molecule is Cc1ccc(S(=O)(=O)n2c(CN3CCN(C)C[C@H]3C(C)C)cc3c(C4CC4)cn(-c4cccc(C5(c6nncn6C)CC(C)C5)c4)c(=O)c32)cc1. The second kappa shape index (κ2) is 12.6. The Morgan fingerprint density at radius 3 is 2.39 bits per heavy atom. The van der Waals surface area contributed by atoms with E-state index in [1.54, 1.807) is 23.0 Å². The molecule has 5 aromatic rings. The van der Waals surface area contributed by atoms with Crippen molar-refractivity contribution in [3.8, 4) is 5.69 Å². The average molecular weight is 708 g/mol. The van der Waals surface area contributed by atoms with Gasteiger partial charge < -0.3 is 9.47 Å². The molecule has 1 atom stereocenters. The number of hydrogen-bond acceptors (Lipinski definition) is 7. The van der Waals surface area contributed by atoms with Gasteiger partial charge in [0.05, 0.1) is 10.3 Å². The number of likely N-dealkylation sites (N-methyl/N-ethyl adjacent to an activating group) is 1. The quantitative estimate of drug-likeness (QED) is 0.190. The first-order chi connectivity index (χ1) is 24.4. The second-order valence-electron chi connectivity index (χ2n) is 16.0. The Bertz CT molecular complexity index is 2270. The zero-order valence-electron chi connectivity index (χ0n) is 30.6. The number of pyridine rings is 1. The van der Waals surface area contributed by atoms with Crippen molar-refractivity contribution in [3.05, 3.63) is 106 Å². The number of aromatic nitrogens is 5. The normalized spacial score (nSPS) is 23.3. The van der Waals surface area contributed by atoms with Crippen LogP contribution in [0, 0.1) is 18.8 Å². The molecule has 0 bridgehead atoms.